The van der Waals surface area contributed by atoms with Crippen LogP contribution < -0.4 is 4.90 Å². The highest BCUT2D eigenvalue weighted by Crippen LogP contribution is 2.25. The summed E-state index contributed by atoms with van der Waals surface area (Å²) in [5.41, 5.74) is 6.09. The molecule has 2 aromatic carbocycles. The van der Waals surface area contributed by atoms with Crippen molar-refractivity contribution >= 4 is 35.2 Å². The number of halogens is 1. The largest absolute Gasteiger partial charge is 0.478 e. The maximum atomic E-state index is 11.1. The van der Waals surface area contributed by atoms with Gasteiger partial charge < -0.3 is 14.6 Å². The summed E-state index contributed by atoms with van der Waals surface area (Å²) < 4.78 is 2.18. The first-order valence-corrected chi connectivity index (χ1v) is 9.19. The number of nitrogens with zero attached hydrogens (tertiary/aromatic N) is 3. The third-order valence-electron chi connectivity index (χ3n) is 4.63. The molecule has 0 saturated heterocycles. The molecule has 5 nitrogen and oxygen atoms in total. The molecule has 0 fully saturated rings. The second kappa shape index (κ2) is 7.90. The van der Waals surface area contributed by atoms with Gasteiger partial charge in [0.1, 0.15) is 0 Å². The Labute approximate surface area is 169 Å². The van der Waals surface area contributed by atoms with E-state index in [0.717, 1.165) is 28.3 Å². The van der Waals surface area contributed by atoms with E-state index in [1.807, 2.05) is 14.1 Å². The highest BCUT2D eigenvalue weighted by atomic mass is 35.5. The van der Waals surface area contributed by atoms with Gasteiger partial charge in [-0.2, -0.15) is 0 Å². The number of benzene rings is 2. The molecule has 1 N–H and O–H groups in total. The summed E-state index contributed by atoms with van der Waals surface area (Å²) in [6.45, 7) is 4.11. The first kappa shape index (κ1) is 19.7. The maximum absolute atomic E-state index is 11.1. The Morgan fingerprint density at radius 2 is 1.79 bits per heavy atom. The Balaban J connectivity index is 1.90. The van der Waals surface area contributed by atoms with Crippen molar-refractivity contribution in [3.05, 3.63) is 76.1 Å². The average Bonchev–Trinajstić information content (AvgIpc) is 2.93. The molecule has 0 aliphatic heterocycles. The zero-order valence-corrected chi connectivity index (χ0v) is 17.0. The SMILES string of the molecule is Cc1cc(C=Nc2ccc(C(=O)O)c(Cl)c2)c(C)n1-c1ccc(N(C)C)cc1. The van der Waals surface area contributed by atoms with Crippen molar-refractivity contribution in [3.8, 4) is 5.69 Å². The minimum absolute atomic E-state index is 0.0694. The molecule has 0 saturated carbocycles. The van der Waals surface area contributed by atoms with E-state index in [1.54, 1.807) is 18.3 Å². The second-order valence-corrected chi connectivity index (χ2v) is 7.21. The van der Waals surface area contributed by atoms with Gasteiger partial charge in [-0.1, -0.05) is 11.6 Å². The van der Waals surface area contributed by atoms with E-state index in [2.05, 4.69) is 58.6 Å². The smallest absolute Gasteiger partial charge is 0.337 e. The van der Waals surface area contributed by atoms with Gasteiger partial charge in [0.05, 0.1) is 16.3 Å². The van der Waals surface area contributed by atoms with E-state index in [1.165, 1.54) is 6.07 Å². The lowest BCUT2D eigenvalue weighted by Gasteiger charge is -2.14. The van der Waals surface area contributed by atoms with Gasteiger partial charge in [0.2, 0.25) is 0 Å². The molecule has 144 valence electrons. The highest BCUT2D eigenvalue weighted by molar-refractivity contribution is 6.33. The van der Waals surface area contributed by atoms with E-state index < -0.39 is 5.97 Å². The van der Waals surface area contributed by atoms with E-state index in [9.17, 15) is 4.79 Å². The minimum Gasteiger partial charge on any atom is -0.478 e. The lowest BCUT2D eigenvalue weighted by atomic mass is 10.2. The number of hydrogen-bond donors (Lipinski definition) is 1. The van der Waals surface area contributed by atoms with Gasteiger partial charge >= 0.3 is 5.97 Å². The number of aromatic nitrogens is 1. The van der Waals surface area contributed by atoms with Crippen molar-refractivity contribution in [3.63, 3.8) is 0 Å². The fraction of sp³-hybridized carbons (Fsp3) is 0.182. The summed E-state index contributed by atoms with van der Waals surface area (Å²) >= 11 is 6.02. The first-order chi connectivity index (χ1) is 13.3. The van der Waals surface area contributed by atoms with Crippen molar-refractivity contribution in [1.29, 1.82) is 0 Å². The van der Waals surface area contributed by atoms with Gasteiger partial charge in [-0.3, -0.25) is 4.99 Å². The second-order valence-electron chi connectivity index (χ2n) is 6.80. The number of carboxylic acids is 1. The van der Waals surface area contributed by atoms with Crippen molar-refractivity contribution in [2.24, 2.45) is 4.99 Å². The molecule has 28 heavy (non-hydrogen) atoms. The fourth-order valence-corrected chi connectivity index (χ4v) is 3.37. The van der Waals surface area contributed by atoms with Crippen LogP contribution in [0, 0.1) is 13.8 Å². The Kier molecular flexibility index (Phi) is 5.56. The van der Waals surface area contributed by atoms with Gasteiger partial charge in [-0.15, -0.1) is 0 Å². The van der Waals surface area contributed by atoms with Crippen LogP contribution in [0.15, 0.2) is 53.5 Å². The van der Waals surface area contributed by atoms with Crippen LogP contribution in [0.3, 0.4) is 0 Å². The fourth-order valence-electron chi connectivity index (χ4n) is 3.12. The number of carbonyl (C=O) groups is 1. The van der Waals surface area contributed by atoms with Crippen LogP contribution in [-0.2, 0) is 0 Å². The third-order valence-corrected chi connectivity index (χ3v) is 4.94. The Morgan fingerprint density at radius 1 is 1.11 bits per heavy atom. The van der Waals surface area contributed by atoms with Crippen LogP contribution in [-0.4, -0.2) is 36.0 Å². The molecular weight excluding hydrogens is 374 g/mol. The highest BCUT2D eigenvalue weighted by Gasteiger charge is 2.11. The number of aryl methyl sites for hydroxylation is 1. The minimum atomic E-state index is -1.05. The van der Waals surface area contributed by atoms with Crippen LogP contribution in [0.4, 0.5) is 11.4 Å². The van der Waals surface area contributed by atoms with Gasteiger partial charge in [0.25, 0.3) is 0 Å². The maximum Gasteiger partial charge on any atom is 0.337 e. The quantitative estimate of drug-likeness (QED) is 0.599. The molecule has 3 rings (SSSR count). The monoisotopic (exact) mass is 395 g/mol. The van der Waals surface area contributed by atoms with Gasteiger partial charge in [-0.05, 0) is 62.4 Å². The third kappa shape index (κ3) is 3.94. The molecule has 0 unspecified atom stereocenters. The molecular formula is C22H22ClN3O2. The number of anilines is 1. The van der Waals surface area contributed by atoms with Crippen molar-refractivity contribution in [2.45, 2.75) is 13.8 Å². The Bertz CT molecular complexity index is 1050. The van der Waals surface area contributed by atoms with Crippen molar-refractivity contribution in [2.75, 3.05) is 19.0 Å². The van der Waals surface area contributed by atoms with Crippen molar-refractivity contribution in [1.82, 2.24) is 4.57 Å². The summed E-state index contributed by atoms with van der Waals surface area (Å²) in [4.78, 5) is 17.6. The molecule has 0 atom stereocenters. The number of carboxylic acid groups (broad SMARTS) is 1. The molecule has 1 aromatic heterocycles. The van der Waals surface area contributed by atoms with E-state index >= 15 is 0 Å². The van der Waals surface area contributed by atoms with Gasteiger partial charge in [-0.25, -0.2) is 4.79 Å². The predicted molar refractivity (Wildman–Crippen MR) is 115 cm³/mol. The standard InChI is InChI=1S/C22H22ClN3O2/c1-14-11-16(13-24-17-5-10-20(22(27)28)21(23)12-17)15(2)26(14)19-8-6-18(7-9-19)25(3)4/h5-13H,1-4H3,(H,27,28). The zero-order chi connectivity index (χ0) is 20.4. The Hall–Kier alpha value is -3.05. The molecule has 0 aliphatic rings. The van der Waals surface area contributed by atoms with Gasteiger partial charge in [0, 0.05) is 48.6 Å². The molecule has 1 heterocycles. The molecule has 0 radical (unpaired) electrons. The summed E-state index contributed by atoms with van der Waals surface area (Å²) in [6.07, 6.45) is 1.78. The van der Waals surface area contributed by atoms with Crippen LogP contribution in [0.2, 0.25) is 5.02 Å². The van der Waals surface area contributed by atoms with E-state index in [0.29, 0.717) is 5.69 Å². The van der Waals surface area contributed by atoms with Crippen LogP contribution >= 0.6 is 11.6 Å². The van der Waals surface area contributed by atoms with Crippen LogP contribution in [0.1, 0.15) is 27.3 Å². The molecule has 6 heteroatoms. The zero-order valence-electron chi connectivity index (χ0n) is 16.3. The lowest BCUT2D eigenvalue weighted by Crippen LogP contribution is -2.08. The normalized spacial score (nSPS) is 11.2. The summed E-state index contributed by atoms with van der Waals surface area (Å²) in [6, 6.07) is 15.1. The van der Waals surface area contributed by atoms with E-state index in [-0.39, 0.29) is 10.6 Å². The van der Waals surface area contributed by atoms with Crippen LogP contribution in [0.5, 0.6) is 0 Å². The number of rotatable bonds is 5. The number of hydrogen-bond acceptors (Lipinski definition) is 3. The topological polar surface area (TPSA) is 57.8 Å². The molecule has 3 aromatic rings. The predicted octanol–water partition coefficient (Wildman–Crippen LogP) is 5.26. The summed E-state index contributed by atoms with van der Waals surface area (Å²) in [7, 11) is 4.04. The van der Waals surface area contributed by atoms with Crippen LogP contribution in [0.25, 0.3) is 5.69 Å². The summed E-state index contributed by atoms with van der Waals surface area (Å²) in [5.74, 6) is -1.05. The molecule has 0 spiro atoms. The summed E-state index contributed by atoms with van der Waals surface area (Å²) in [5, 5.41) is 9.24. The molecule has 0 aliphatic carbocycles. The Morgan fingerprint density at radius 3 is 2.36 bits per heavy atom. The number of aromatic carboxylic acids is 1. The van der Waals surface area contributed by atoms with E-state index in [4.69, 9.17) is 16.7 Å². The lowest BCUT2D eigenvalue weighted by molar-refractivity contribution is 0.0697. The van der Waals surface area contributed by atoms with Gasteiger partial charge in [0.15, 0.2) is 0 Å². The van der Waals surface area contributed by atoms with Crippen molar-refractivity contribution < 1.29 is 9.90 Å². The number of aliphatic imine (C=N–C) groups is 1. The molecule has 0 bridgehead atoms. The average molecular weight is 396 g/mol. The first-order valence-electron chi connectivity index (χ1n) is 8.81. The molecule has 0 amide bonds.